The van der Waals surface area contributed by atoms with E-state index in [2.05, 4.69) is 17.0 Å². The van der Waals surface area contributed by atoms with Crippen LogP contribution >= 0.6 is 0 Å². The van der Waals surface area contributed by atoms with Gasteiger partial charge in [0, 0.05) is 0 Å². The number of aromatic nitrogens is 1. The second-order valence-electron chi connectivity index (χ2n) is 2.20. The minimum absolute atomic E-state index is 1.06. The molecule has 1 nitrogen and oxygen atoms in total. The zero-order chi connectivity index (χ0) is 6.81. The Kier molecular flexibility index (Phi) is 1.24. The molecule has 0 fully saturated rings. The van der Waals surface area contributed by atoms with Crippen molar-refractivity contribution in [2.75, 3.05) is 0 Å². The van der Waals surface area contributed by atoms with Crippen molar-refractivity contribution < 1.29 is 0 Å². The summed E-state index contributed by atoms with van der Waals surface area (Å²) in [5.74, 6) is 1.95. The predicted molar refractivity (Wildman–Crippen MR) is 43.1 cm³/mol. The molecule has 0 aliphatic rings. The Bertz CT molecular complexity index is 280. The van der Waals surface area contributed by atoms with E-state index in [0.717, 1.165) is 5.52 Å². The van der Waals surface area contributed by atoms with Crippen molar-refractivity contribution in [1.82, 2.24) is 4.89 Å². The van der Waals surface area contributed by atoms with Crippen LogP contribution in [0, 0.1) is 0 Å². The molecule has 0 amide bonds. The van der Waals surface area contributed by atoms with Crippen molar-refractivity contribution in [3.05, 3.63) is 36.3 Å². The van der Waals surface area contributed by atoms with E-state index in [1.165, 1.54) is 5.39 Å². The van der Waals surface area contributed by atoms with E-state index in [1.54, 1.807) is 0 Å². The zero-order valence-corrected chi connectivity index (χ0v) is 5.49. The van der Waals surface area contributed by atoms with Gasteiger partial charge in [-0.3, -0.25) is 0 Å². The number of benzene rings is 1. The number of rotatable bonds is 0. The second-order valence-corrected chi connectivity index (χ2v) is 2.20. The molecule has 0 saturated carbocycles. The number of hydrogen-bond acceptors (Lipinski definition) is 1. The average molecular weight is 127 g/mol. The van der Waals surface area contributed by atoms with Crippen molar-refractivity contribution in [3.8, 4) is 0 Å². The van der Waals surface area contributed by atoms with Crippen LogP contribution in [-0.4, -0.2) is 11.9 Å². The van der Waals surface area contributed by atoms with Crippen LogP contribution in [0.25, 0.3) is 10.9 Å². The van der Waals surface area contributed by atoms with Crippen LogP contribution in [0.2, 0.25) is 0 Å². The van der Waals surface area contributed by atoms with Gasteiger partial charge in [0.05, 0.1) is 0 Å². The molecular weight excluding hydrogens is 121 g/mol. The second kappa shape index (κ2) is 2.22. The first-order chi connectivity index (χ1) is 4.97. The van der Waals surface area contributed by atoms with Crippen LogP contribution in [-0.2, 0) is 0 Å². The van der Waals surface area contributed by atoms with Crippen LogP contribution < -0.4 is 0 Å². The summed E-state index contributed by atoms with van der Waals surface area (Å²) in [6.45, 7) is 0. The molecule has 1 aromatic carbocycles. The maximum atomic E-state index is 4.18. The molecule has 10 heavy (non-hydrogen) atoms. The van der Waals surface area contributed by atoms with Gasteiger partial charge in [0.2, 0.25) is 0 Å². The fourth-order valence-corrected chi connectivity index (χ4v) is 1.02. The van der Waals surface area contributed by atoms with Gasteiger partial charge in [-0.1, -0.05) is 0 Å². The molecule has 0 N–H and O–H groups in total. The predicted octanol–water partition coefficient (Wildman–Crippen LogP) is 1.57. The topological polar surface area (TPSA) is 12.9 Å². The maximum absolute atomic E-state index is 4.18. The number of nitrogens with zero attached hydrogens (tertiary/aromatic N) is 1. The first-order valence-corrected chi connectivity index (χ1v) is 3.26. The van der Waals surface area contributed by atoms with Crippen LogP contribution in [0.3, 0.4) is 0 Å². The van der Waals surface area contributed by atoms with Crippen molar-refractivity contribution in [2.45, 2.75) is 0 Å². The Morgan fingerprint density at radius 1 is 1.10 bits per heavy atom. The van der Waals surface area contributed by atoms with Crippen LogP contribution in [0.1, 0.15) is 0 Å². The Labute approximate surface area is 60.0 Å². The van der Waals surface area contributed by atoms with Gasteiger partial charge in [0.15, 0.2) is 0 Å². The van der Waals surface area contributed by atoms with E-state index < -0.39 is 0 Å². The third-order valence-electron chi connectivity index (χ3n) is 1.51. The van der Waals surface area contributed by atoms with Crippen LogP contribution in [0.15, 0.2) is 36.3 Å². The first-order valence-electron chi connectivity index (χ1n) is 3.26. The van der Waals surface area contributed by atoms with Gasteiger partial charge in [-0.25, -0.2) is 0 Å². The first kappa shape index (κ1) is 5.60. The fraction of sp³-hybridized carbons (Fsp3) is 0. The molecule has 0 spiro atoms. The Balaban J connectivity index is 2.89. The molecule has 0 atom stereocenters. The van der Waals surface area contributed by atoms with Crippen molar-refractivity contribution in [1.29, 1.82) is 0 Å². The third-order valence-corrected chi connectivity index (χ3v) is 1.51. The summed E-state index contributed by atoms with van der Waals surface area (Å²) in [7, 11) is 1.81. The average Bonchev–Trinajstić information content (AvgIpc) is 2.05. The Morgan fingerprint density at radius 3 is 2.90 bits per heavy atom. The summed E-state index contributed by atoms with van der Waals surface area (Å²) in [6, 6.07) is 10.1. The Hall–Kier alpha value is -1.18. The van der Waals surface area contributed by atoms with Gasteiger partial charge in [-0.15, -0.1) is 0 Å². The number of fused-ring (bicyclic) bond motifs is 1. The van der Waals surface area contributed by atoms with Gasteiger partial charge in [0.1, 0.15) is 0 Å². The van der Waals surface area contributed by atoms with E-state index in [0.29, 0.717) is 0 Å². The van der Waals surface area contributed by atoms with Gasteiger partial charge in [-0.05, 0) is 0 Å². The molecule has 0 saturated heterocycles. The monoisotopic (exact) mass is 127 g/mol. The molecule has 0 bridgehead atoms. The molecule has 2 aromatic rings. The summed E-state index contributed by atoms with van der Waals surface area (Å²) in [6.07, 6.45) is 0. The van der Waals surface area contributed by atoms with E-state index in [4.69, 9.17) is 0 Å². The van der Waals surface area contributed by atoms with Gasteiger partial charge < -0.3 is 0 Å². The fourth-order valence-electron chi connectivity index (χ4n) is 1.02. The summed E-state index contributed by atoms with van der Waals surface area (Å²) < 4.78 is 0. The minimum atomic E-state index is 1.06. The van der Waals surface area contributed by atoms with E-state index in [9.17, 15) is 0 Å². The van der Waals surface area contributed by atoms with Crippen LogP contribution in [0.5, 0.6) is 0 Å². The molecule has 1 heterocycles. The van der Waals surface area contributed by atoms with E-state index >= 15 is 0 Å². The van der Waals surface area contributed by atoms with Crippen molar-refractivity contribution in [2.24, 2.45) is 0 Å². The molecule has 0 aliphatic carbocycles. The molecule has 1 aromatic heterocycles. The molecule has 0 unspecified atom stereocenters. The summed E-state index contributed by atoms with van der Waals surface area (Å²) >= 11 is 0. The summed E-state index contributed by atoms with van der Waals surface area (Å²) in [5.41, 5.74) is 1.06. The molecule has 0 radical (unpaired) electrons. The van der Waals surface area contributed by atoms with Gasteiger partial charge in [0.25, 0.3) is 0 Å². The summed E-state index contributed by atoms with van der Waals surface area (Å²) in [4.78, 5) is 4.18. The van der Waals surface area contributed by atoms with Crippen molar-refractivity contribution in [3.63, 3.8) is 0 Å². The van der Waals surface area contributed by atoms with E-state index in [1.807, 2.05) is 31.2 Å². The van der Waals surface area contributed by atoms with Crippen LogP contribution in [0.4, 0.5) is 0 Å². The quantitative estimate of drug-likeness (QED) is 0.523. The molecular formula is C8H6BN. The van der Waals surface area contributed by atoms with E-state index in [-0.39, 0.29) is 0 Å². The normalized spacial score (nSPS) is 9.60. The third kappa shape index (κ3) is 0.818. The van der Waals surface area contributed by atoms with Gasteiger partial charge >= 0.3 is 59.1 Å². The Morgan fingerprint density at radius 2 is 2.00 bits per heavy atom. The molecule has 2 rings (SSSR count). The number of hydrogen-bond donors (Lipinski definition) is 0. The molecule has 46 valence electrons. The van der Waals surface area contributed by atoms with Gasteiger partial charge in [-0.2, -0.15) is 0 Å². The SMILES string of the molecule is b1ccc2ccccc2n1. The zero-order valence-electron chi connectivity index (χ0n) is 5.49. The molecule has 2 heteroatoms. The standard InChI is InChI=1S/C8H6BN/c1-2-4-8-7(3-1)5-6-9-10-8/h1-6H. The van der Waals surface area contributed by atoms with Crippen molar-refractivity contribution >= 4 is 18.0 Å². The summed E-state index contributed by atoms with van der Waals surface area (Å²) in [5, 5.41) is 1.20. The molecule has 0 aliphatic heterocycles.